The van der Waals surface area contributed by atoms with E-state index in [-0.39, 0.29) is 19.1 Å². The minimum atomic E-state index is -0.415. The number of hydrogen-bond donors (Lipinski definition) is 0. The third kappa shape index (κ3) is 5.35. The van der Waals surface area contributed by atoms with Crippen LogP contribution >= 0.6 is 0 Å². The van der Waals surface area contributed by atoms with E-state index in [4.69, 9.17) is 23.4 Å². The number of nitrogens with zero attached hydrogens (tertiary/aromatic N) is 1. The van der Waals surface area contributed by atoms with E-state index in [0.29, 0.717) is 41.5 Å². The summed E-state index contributed by atoms with van der Waals surface area (Å²) >= 11 is 0. The number of carbonyl (C=O) groups is 1. The molecule has 1 aromatic heterocycles. The van der Waals surface area contributed by atoms with Gasteiger partial charge in [0.15, 0.2) is 18.1 Å². The number of aryl methyl sites for hydroxylation is 1. The molecule has 1 amide bonds. The Bertz CT molecular complexity index is 1840. The minimum Gasteiger partial charge on any atom is -0.493 e. The first kappa shape index (κ1) is 27.2. The van der Waals surface area contributed by atoms with Gasteiger partial charge in [-0.1, -0.05) is 30.3 Å². The summed E-state index contributed by atoms with van der Waals surface area (Å²) in [4.78, 5) is 27.4. The zero-order valence-corrected chi connectivity index (χ0v) is 23.7. The molecule has 2 heterocycles. The predicted molar refractivity (Wildman–Crippen MR) is 160 cm³/mol. The molecule has 5 aromatic rings. The lowest BCUT2D eigenvalue weighted by Crippen LogP contribution is -2.44. The van der Waals surface area contributed by atoms with Crippen LogP contribution < -0.4 is 24.6 Å². The molecule has 214 valence electrons. The highest BCUT2D eigenvalue weighted by molar-refractivity contribution is 5.84. The van der Waals surface area contributed by atoms with Crippen molar-refractivity contribution in [1.29, 1.82) is 0 Å². The molecule has 0 bridgehead atoms. The second-order valence-electron chi connectivity index (χ2n) is 10.3. The summed E-state index contributed by atoms with van der Waals surface area (Å²) in [5, 5.41) is 2.99. The molecule has 0 saturated carbocycles. The number of hydrogen-bond acceptors (Lipinski definition) is 7. The van der Waals surface area contributed by atoms with Gasteiger partial charge in [0, 0.05) is 24.1 Å². The quantitative estimate of drug-likeness (QED) is 0.218. The van der Waals surface area contributed by atoms with Gasteiger partial charge in [0.2, 0.25) is 0 Å². The number of amides is 1. The van der Waals surface area contributed by atoms with Crippen molar-refractivity contribution in [3.05, 3.63) is 106 Å². The molecule has 8 nitrogen and oxygen atoms in total. The highest BCUT2D eigenvalue weighted by Crippen LogP contribution is 2.39. The Balaban J connectivity index is 1.27. The molecule has 1 aliphatic rings. The average Bonchev–Trinajstić information content (AvgIpc) is 3.01. The highest BCUT2D eigenvalue weighted by Gasteiger charge is 2.33. The molecule has 1 atom stereocenters. The van der Waals surface area contributed by atoms with Gasteiger partial charge in [-0.2, -0.15) is 0 Å². The molecule has 42 heavy (non-hydrogen) atoms. The molecule has 0 aliphatic carbocycles. The summed E-state index contributed by atoms with van der Waals surface area (Å²) in [7, 11) is 3.19. The Labute approximate surface area is 243 Å². The molecular weight excluding hydrogens is 534 g/mol. The second kappa shape index (κ2) is 11.5. The van der Waals surface area contributed by atoms with Crippen LogP contribution in [-0.4, -0.2) is 44.8 Å². The monoisotopic (exact) mass is 565 g/mol. The zero-order valence-electron chi connectivity index (χ0n) is 23.7. The summed E-state index contributed by atoms with van der Waals surface area (Å²) in [5.41, 5.74) is 2.84. The van der Waals surface area contributed by atoms with Crippen molar-refractivity contribution in [1.82, 2.24) is 4.90 Å². The number of carbonyl (C=O) groups excluding carboxylic acids is 1. The number of methoxy groups -OCH3 is 2. The van der Waals surface area contributed by atoms with Crippen LogP contribution in [0, 0.1) is 6.92 Å². The van der Waals surface area contributed by atoms with Crippen LogP contribution in [0.5, 0.6) is 23.0 Å². The summed E-state index contributed by atoms with van der Waals surface area (Å²) in [6.07, 6.45) is 0.647. The normalized spacial score (nSPS) is 14.5. The smallest absolute Gasteiger partial charge is 0.336 e. The van der Waals surface area contributed by atoms with Crippen molar-refractivity contribution in [2.24, 2.45) is 0 Å². The Morgan fingerprint density at radius 1 is 0.881 bits per heavy atom. The van der Waals surface area contributed by atoms with Crippen LogP contribution in [0.25, 0.3) is 21.7 Å². The molecule has 6 rings (SSSR count). The van der Waals surface area contributed by atoms with Crippen molar-refractivity contribution in [3.63, 3.8) is 0 Å². The maximum atomic E-state index is 13.6. The van der Waals surface area contributed by atoms with Gasteiger partial charge in [-0.3, -0.25) is 4.79 Å². The van der Waals surface area contributed by atoms with Gasteiger partial charge in [-0.15, -0.1) is 0 Å². The van der Waals surface area contributed by atoms with Gasteiger partial charge in [0.1, 0.15) is 23.7 Å². The first-order valence-corrected chi connectivity index (χ1v) is 13.8. The van der Waals surface area contributed by atoms with E-state index in [2.05, 4.69) is 0 Å². The minimum absolute atomic E-state index is 0.113. The summed E-state index contributed by atoms with van der Waals surface area (Å²) in [6, 6.07) is 24.1. The van der Waals surface area contributed by atoms with Gasteiger partial charge >= 0.3 is 5.63 Å². The molecule has 0 radical (unpaired) electrons. The van der Waals surface area contributed by atoms with Gasteiger partial charge in [0.25, 0.3) is 5.91 Å². The summed E-state index contributed by atoms with van der Waals surface area (Å²) in [5.74, 6) is 2.22. The van der Waals surface area contributed by atoms with E-state index < -0.39 is 11.7 Å². The first-order chi connectivity index (χ1) is 20.4. The van der Waals surface area contributed by atoms with Crippen LogP contribution in [0.1, 0.15) is 22.7 Å². The van der Waals surface area contributed by atoms with Gasteiger partial charge in [-0.25, -0.2) is 4.79 Å². The predicted octanol–water partition coefficient (Wildman–Crippen LogP) is 5.86. The molecule has 8 heteroatoms. The zero-order chi connectivity index (χ0) is 29.2. The fourth-order valence-electron chi connectivity index (χ4n) is 5.56. The summed E-state index contributed by atoms with van der Waals surface area (Å²) < 4.78 is 28.7. The lowest BCUT2D eigenvalue weighted by atomic mass is 9.92. The third-order valence-electron chi connectivity index (χ3n) is 7.74. The maximum Gasteiger partial charge on any atom is 0.336 e. The molecule has 4 aromatic carbocycles. The lowest BCUT2D eigenvalue weighted by molar-refractivity contribution is -0.137. The van der Waals surface area contributed by atoms with E-state index in [1.165, 1.54) is 6.07 Å². The van der Waals surface area contributed by atoms with Gasteiger partial charge in [0.05, 0.1) is 20.3 Å². The first-order valence-electron chi connectivity index (χ1n) is 13.8. The third-order valence-corrected chi connectivity index (χ3v) is 7.74. The van der Waals surface area contributed by atoms with Crippen molar-refractivity contribution in [2.75, 3.05) is 34.0 Å². The highest BCUT2D eigenvalue weighted by atomic mass is 16.5. The Morgan fingerprint density at radius 2 is 1.62 bits per heavy atom. The van der Waals surface area contributed by atoms with E-state index in [0.717, 1.165) is 32.8 Å². The lowest BCUT2D eigenvalue weighted by Gasteiger charge is -2.37. The van der Waals surface area contributed by atoms with Crippen LogP contribution in [0.3, 0.4) is 0 Å². The van der Waals surface area contributed by atoms with Crippen LogP contribution in [0.15, 0.2) is 88.1 Å². The van der Waals surface area contributed by atoms with Crippen molar-refractivity contribution in [3.8, 4) is 23.0 Å². The van der Waals surface area contributed by atoms with Gasteiger partial charge in [-0.05, 0) is 77.2 Å². The molecule has 0 spiro atoms. The number of ether oxygens (including phenoxy) is 4. The molecule has 0 fully saturated rings. The Kier molecular flexibility index (Phi) is 7.44. The molecule has 1 unspecified atom stereocenters. The Hall–Kier alpha value is -4.98. The van der Waals surface area contributed by atoms with Crippen LogP contribution in [-0.2, 0) is 11.2 Å². The summed E-state index contributed by atoms with van der Waals surface area (Å²) in [6.45, 7) is 2.41. The molecule has 0 N–H and O–H groups in total. The fourth-order valence-corrected chi connectivity index (χ4v) is 5.56. The van der Waals surface area contributed by atoms with Crippen LogP contribution in [0.4, 0.5) is 0 Å². The van der Waals surface area contributed by atoms with Crippen molar-refractivity contribution in [2.45, 2.75) is 19.4 Å². The average molecular weight is 566 g/mol. The largest absolute Gasteiger partial charge is 0.493 e. The molecular formula is C34H31NO7. The van der Waals surface area contributed by atoms with Gasteiger partial charge < -0.3 is 28.3 Å². The van der Waals surface area contributed by atoms with E-state index >= 15 is 0 Å². The molecule has 1 aliphatic heterocycles. The van der Waals surface area contributed by atoms with Crippen molar-refractivity contribution < 1.29 is 28.2 Å². The molecule has 0 saturated heterocycles. The Morgan fingerprint density at radius 3 is 2.43 bits per heavy atom. The van der Waals surface area contributed by atoms with E-state index in [1.807, 2.05) is 73.7 Å². The van der Waals surface area contributed by atoms with Crippen LogP contribution in [0.2, 0.25) is 0 Å². The van der Waals surface area contributed by atoms with Crippen molar-refractivity contribution >= 4 is 27.6 Å². The standard InChI is InChI=1S/C34H31NO7/c1-21-14-34(37)42-30-17-26(10-11-27(21)30)40-19-29-28-18-32(39-3)31(38-2)16-24(28)12-13-35(29)33(36)20-41-25-9-8-22-6-4-5-7-23(22)15-25/h4-11,14-18,29H,12-13,19-20H2,1-3H3. The van der Waals surface area contributed by atoms with E-state index in [1.54, 1.807) is 25.2 Å². The topological polar surface area (TPSA) is 87.4 Å². The van der Waals surface area contributed by atoms with E-state index in [9.17, 15) is 9.59 Å². The number of benzene rings is 4. The number of fused-ring (bicyclic) bond motifs is 3. The SMILES string of the molecule is COc1cc2c(cc1OC)C(COc1ccc3c(C)cc(=O)oc3c1)N(C(=O)COc1ccc3ccccc3c1)CC2. The number of rotatable bonds is 8. The maximum absolute atomic E-state index is 13.6. The second-order valence-corrected chi connectivity index (χ2v) is 10.3. The fraction of sp³-hybridized carbons (Fsp3) is 0.235.